The summed E-state index contributed by atoms with van der Waals surface area (Å²) in [6.45, 7) is 8.50. The summed E-state index contributed by atoms with van der Waals surface area (Å²) in [5, 5.41) is 2.24. The molecule has 1 N–H and O–H groups in total. The van der Waals surface area contributed by atoms with Crippen molar-refractivity contribution < 1.29 is 14.2 Å². The minimum atomic E-state index is 0.500. The van der Waals surface area contributed by atoms with Crippen LogP contribution in [-0.2, 0) is 11.5 Å². The van der Waals surface area contributed by atoms with Crippen molar-refractivity contribution in [3.05, 3.63) is 97.3 Å². The Kier molecular flexibility index (Phi) is 8.73. The van der Waals surface area contributed by atoms with Gasteiger partial charge in [0.15, 0.2) is 0 Å². The predicted octanol–water partition coefficient (Wildman–Crippen LogP) is 7.72. The first-order chi connectivity index (χ1) is 19.7. The Morgan fingerprint density at radius 1 is 0.675 bits per heavy atom. The molecule has 6 rings (SSSR count). The van der Waals surface area contributed by atoms with Crippen molar-refractivity contribution in [2.45, 2.75) is 27.5 Å². The second-order valence-electron chi connectivity index (χ2n) is 9.03. The van der Waals surface area contributed by atoms with Gasteiger partial charge in [-0.05, 0) is 117 Å². The van der Waals surface area contributed by atoms with Crippen molar-refractivity contribution in [1.29, 1.82) is 0 Å². The zero-order chi connectivity index (χ0) is 27.7. The van der Waals surface area contributed by atoms with Crippen LogP contribution in [0.2, 0.25) is 0 Å². The molecular formula is C33H34N4O3. The molecule has 0 fully saturated rings. The standard InChI is InChI=1S/C18H20N2O2.C15H14N2O/c1-3-21-13-20-17(12-15-6-5-11-19-18(15)20)14-7-9-16(10-8-14)22-4-2;1-2-18-13-7-5-11(6-8-13)14-10-12-4-3-9-16-15(12)17-14/h5-12H,3-4,13H2,1-2H3;3-10H,2H2,1H3,(H,16,17). The summed E-state index contributed by atoms with van der Waals surface area (Å²) < 4.78 is 18.7. The number of H-pyrrole nitrogens is 1. The van der Waals surface area contributed by atoms with Gasteiger partial charge in [-0.15, -0.1) is 0 Å². The molecule has 0 amide bonds. The highest BCUT2D eigenvalue weighted by atomic mass is 16.5. The molecule has 0 saturated carbocycles. The summed E-state index contributed by atoms with van der Waals surface area (Å²) >= 11 is 0. The smallest absolute Gasteiger partial charge is 0.142 e. The Morgan fingerprint density at radius 2 is 1.30 bits per heavy atom. The van der Waals surface area contributed by atoms with E-state index in [0.717, 1.165) is 56.1 Å². The third-order valence-electron chi connectivity index (χ3n) is 6.41. The number of ether oxygens (including phenoxy) is 3. The van der Waals surface area contributed by atoms with Crippen molar-refractivity contribution in [1.82, 2.24) is 19.5 Å². The largest absolute Gasteiger partial charge is 0.494 e. The van der Waals surface area contributed by atoms with Gasteiger partial charge in [-0.1, -0.05) is 0 Å². The number of fused-ring (bicyclic) bond motifs is 2. The first kappa shape index (κ1) is 27.0. The molecule has 0 bridgehead atoms. The molecule has 0 aliphatic heterocycles. The highest BCUT2D eigenvalue weighted by molar-refractivity contribution is 5.84. The van der Waals surface area contributed by atoms with Crippen LogP contribution >= 0.6 is 0 Å². The first-order valence-corrected chi connectivity index (χ1v) is 13.6. The van der Waals surface area contributed by atoms with Crippen LogP contribution in [0.1, 0.15) is 20.8 Å². The lowest BCUT2D eigenvalue weighted by molar-refractivity contribution is 0.0915. The van der Waals surface area contributed by atoms with Crippen LogP contribution in [0.4, 0.5) is 0 Å². The highest BCUT2D eigenvalue weighted by Gasteiger charge is 2.11. The van der Waals surface area contributed by atoms with Crippen LogP contribution in [0, 0.1) is 0 Å². The Hall–Kier alpha value is -4.62. The maximum absolute atomic E-state index is 5.61. The lowest BCUT2D eigenvalue weighted by Crippen LogP contribution is -2.04. The number of aromatic nitrogens is 4. The number of pyridine rings is 2. The summed E-state index contributed by atoms with van der Waals surface area (Å²) in [6, 6.07) is 28.5. The number of hydrogen-bond acceptors (Lipinski definition) is 5. The van der Waals surface area contributed by atoms with Crippen molar-refractivity contribution in [3.8, 4) is 34.0 Å². The van der Waals surface area contributed by atoms with E-state index in [-0.39, 0.29) is 0 Å². The van der Waals surface area contributed by atoms with Crippen LogP contribution in [-0.4, -0.2) is 39.3 Å². The molecule has 0 atom stereocenters. The molecule has 0 saturated heterocycles. The van der Waals surface area contributed by atoms with Gasteiger partial charge >= 0.3 is 0 Å². The molecule has 0 unspecified atom stereocenters. The van der Waals surface area contributed by atoms with Crippen molar-refractivity contribution in [2.24, 2.45) is 0 Å². The fraction of sp³-hybridized carbons (Fsp3) is 0.212. The number of aromatic amines is 1. The molecular weight excluding hydrogens is 500 g/mol. The second kappa shape index (κ2) is 13.0. The molecule has 2 aromatic carbocycles. The van der Waals surface area contributed by atoms with Crippen molar-refractivity contribution >= 4 is 22.1 Å². The zero-order valence-corrected chi connectivity index (χ0v) is 23.1. The van der Waals surface area contributed by atoms with E-state index in [2.05, 4.69) is 68.0 Å². The zero-order valence-electron chi connectivity index (χ0n) is 23.1. The third kappa shape index (κ3) is 6.16. The van der Waals surface area contributed by atoms with Crippen LogP contribution < -0.4 is 9.47 Å². The minimum Gasteiger partial charge on any atom is -0.494 e. The Balaban J connectivity index is 0.000000164. The van der Waals surface area contributed by atoms with E-state index in [4.69, 9.17) is 14.2 Å². The van der Waals surface area contributed by atoms with E-state index >= 15 is 0 Å². The second-order valence-corrected chi connectivity index (χ2v) is 9.03. The fourth-order valence-corrected chi connectivity index (χ4v) is 4.54. The summed E-state index contributed by atoms with van der Waals surface area (Å²) in [7, 11) is 0. The van der Waals surface area contributed by atoms with Gasteiger partial charge in [-0.2, -0.15) is 0 Å². The monoisotopic (exact) mass is 534 g/mol. The molecule has 0 spiro atoms. The van der Waals surface area contributed by atoms with Gasteiger partial charge in [-0.3, -0.25) is 0 Å². The summed E-state index contributed by atoms with van der Waals surface area (Å²) in [6.07, 6.45) is 3.60. The van der Waals surface area contributed by atoms with E-state index in [1.54, 1.807) is 6.20 Å². The van der Waals surface area contributed by atoms with Gasteiger partial charge in [0.25, 0.3) is 0 Å². The van der Waals surface area contributed by atoms with Gasteiger partial charge < -0.3 is 23.8 Å². The Labute approximate surface area is 234 Å². The molecule has 6 aromatic rings. The van der Waals surface area contributed by atoms with Gasteiger partial charge in [0.05, 0.1) is 18.9 Å². The molecule has 4 heterocycles. The molecule has 0 aliphatic carbocycles. The average Bonchev–Trinajstić information content (AvgIpc) is 3.59. The van der Waals surface area contributed by atoms with E-state index in [0.29, 0.717) is 26.6 Å². The number of rotatable bonds is 9. The maximum atomic E-state index is 5.61. The fourth-order valence-electron chi connectivity index (χ4n) is 4.54. The van der Waals surface area contributed by atoms with Crippen LogP contribution in [0.15, 0.2) is 97.3 Å². The van der Waals surface area contributed by atoms with Crippen molar-refractivity contribution in [3.63, 3.8) is 0 Å². The van der Waals surface area contributed by atoms with Gasteiger partial charge in [-0.25, -0.2) is 9.97 Å². The number of benzene rings is 2. The molecule has 0 radical (unpaired) electrons. The molecule has 204 valence electrons. The molecule has 4 aromatic heterocycles. The van der Waals surface area contributed by atoms with E-state index < -0.39 is 0 Å². The summed E-state index contributed by atoms with van der Waals surface area (Å²) in [4.78, 5) is 12.1. The van der Waals surface area contributed by atoms with Gasteiger partial charge in [0.1, 0.15) is 29.5 Å². The topological polar surface area (TPSA) is 74.2 Å². The van der Waals surface area contributed by atoms with Gasteiger partial charge in [0, 0.05) is 35.5 Å². The number of nitrogens with one attached hydrogen (secondary N) is 1. The third-order valence-corrected chi connectivity index (χ3v) is 6.41. The van der Waals surface area contributed by atoms with Crippen LogP contribution in [0.3, 0.4) is 0 Å². The van der Waals surface area contributed by atoms with E-state index in [1.807, 2.05) is 63.4 Å². The molecule has 7 heteroatoms. The Bertz CT molecular complexity index is 1620. The highest BCUT2D eigenvalue weighted by Crippen LogP contribution is 2.29. The number of hydrogen-bond donors (Lipinski definition) is 1. The summed E-state index contributed by atoms with van der Waals surface area (Å²) in [5.74, 6) is 1.78. The lowest BCUT2D eigenvalue weighted by atomic mass is 10.1. The van der Waals surface area contributed by atoms with Crippen molar-refractivity contribution in [2.75, 3.05) is 19.8 Å². The lowest BCUT2D eigenvalue weighted by Gasteiger charge is -2.11. The Morgan fingerprint density at radius 3 is 1.93 bits per heavy atom. The average molecular weight is 535 g/mol. The van der Waals surface area contributed by atoms with Crippen LogP contribution in [0.25, 0.3) is 44.6 Å². The normalized spacial score (nSPS) is 10.9. The summed E-state index contributed by atoms with van der Waals surface area (Å²) in [5.41, 5.74) is 6.30. The number of nitrogens with zero attached hydrogens (tertiary/aromatic N) is 3. The van der Waals surface area contributed by atoms with Crippen LogP contribution in [0.5, 0.6) is 11.5 Å². The molecule has 7 nitrogen and oxygen atoms in total. The SMILES string of the molecule is CCOCn1c(-c2ccc(OCC)cc2)cc2cccnc21.CCOc1ccc(-c2cc3cccnc3[nH]2)cc1. The van der Waals surface area contributed by atoms with Gasteiger partial charge in [0.2, 0.25) is 0 Å². The molecule has 0 aliphatic rings. The quantitative estimate of drug-likeness (QED) is 0.205. The maximum Gasteiger partial charge on any atom is 0.142 e. The minimum absolute atomic E-state index is 0.500. The van der Waals surface area contributed by atoms with E-state index in [9.17, 15) is 0 Å². The molecule has 40 heavy (non-hydrogen) atoms. The first-order valence-electron chi connectivity index (χ1n) is 13.6. The predicted molar refractivity (Wildman–Crippen MR) is 161 cm³/mol. The van der Waals surface area contributed by atoms with E-state index in [1.165, 1.54) is 0 Å².